The summed E-state index contributed by atoms with van der Waals surface area (Å²) in [6.07, 6.45) is 0. The van der Waals surface area contributed by atoms with Crippen molar-refractivity contribution in [1.29, 1.82) is 0 Å². The molecule has 0 aliphatic heterocycles. The summed E-state index contributed by atoms with van der Waals surface area (Å²) in [5.41, 5.74) is 0. The first-order valence-electron chi connectivity index (χ1n) is 4.61. The van der Waals surface area contributed by atoms with Crippen LogP contribution in [0.2, 0.25) is 0 Å². The van der Waals surface area contributed by atoms with Crippen LogP contribution in [0.3, 0.4) is 0 Å². The number of hydrogen-bond acceptors (Lipinski definition) is 2. The summed E-state index contributed by atoms with van der Waals surface area (Å²) in [6, 6.07) is 0.00519. The molecule has 80 valence electrons. The van der Waals surface area contributed by atoms with Gasteiger partial charge in [0.2, 0.25) is 0 Å². The molecule has 0 spiro atoms. The minimum absolute atomic E-state index is 0.00519. The monoisotopic (exact) mass is 208 g/mol. The second-order valence-corrected chi connectivity index (χ2v) is 5.19. The fourth-order valence-corrected chi connectivity index (χ4v) is 2.55. The van der Waals surface area contributed by atoms with Crippen LogP contribution in [-0.2, 0) is 10.2 Å². The molecule has 13 heavy (non-hydrogen) atoms. The topological polar surface area (TPSA) is 40.6 Å². The lowest BCUT2D eigenvalue weighted by Gasteiger charge is -2.27. The highest BCUT2D eigenvalue weighted by molar-refractivity contribution is 7.86. The lowest BCUT2D eigenvalue weighted by molar-refractivity contribution is 0.347. The van der Waals surface area contributed by atoms with Crippen LogP contribution in [-0.4, -0.2) is 43.2 Å². The van der Waals surface area contributed by atoms with Gasteiger partial charge >= 0.3 is 0 Å². The van der Waals surface area contributed by atoms with Gasteiger partial charge in [-0.15, -0.1) is 0 Å². The van der Waals surface area contributed by atoms with Crippen LogP contribution in [0.25, 0.3) is 0 Å². The molecule has 0 N–H and O–H groups in total. The molecule has 0 aliphatic carbocycles. The zero-order valence-electron chi connectivity index (χ0n) is 9.11. The van der Waals surface area contributed by atoms with Gasteiger partial charge in [0.05, 0.1) is 0 Å². The van der Waals surface area contributed by atoms with E-state index in [9.17, 15) is 8.42 Å². The van der Waals surface area contributed by atoms with Gasteiger partial charge in [0.1, 0.15) is 0 Å². The zero-order chi connectivity index (χ0) is 10.6. The average molecular weight is 208 g/mol. The van der Waals surface area contributed by atoms with Crippen molar-refractivity contribution in [3.8, 4) is 0 Å². The zero-order valence-corrected chi connectivity index (χ0v) is 9.93. The van der Waals surface area contributed by atoms with E-state index in [-0.39, 0.29) is 6.04 Å². The predicted octanol–water partition coefficient (Wildman–Crippen LogP) is 0.913. The molecular formula is C8H20N2O2S. The maximum atomic E-state index is 11.8. The summed E-state index contributed by atoms with van der Waals surface area (Å²) in [5, 5.41) is 0. The van der Waals surface area contributed by atoms with Crippen molar-refractivity contribution in [3.05, 3.63) is 0 Å². The Morgan fingerprint density at radius 1 is 1.15 bits per heavy atom. The minimum Gasteiger partial charge on any atom is -0.195 e. The van der Waals surface area contributed by atoms with Gasteiger partial charge in [-0.05, 0) is 13.8 Å². The van der Waals surface area contributed by atoms with E-state index in [0.717, 1.165) is 0 Å². The summed E-state index contributed by atoms with van der Waals surface area (Å²) in [6.45, 7) is 8.46. The van der Waals surface area contributed by atoms with Gasteiger partial charge in [-0.2, -0.15) is 17.0 Å². The van der Waals surface area contributed by atoms with Crippen molar-refractivity contribution >= 4 is 10.2 Å². The predicted molar refractivity (Wildman–Crippen MR) is 54.7 cm³/mol. The van der Waals surface area contributed by atoms with Gasteiger partial charge in [0, 0.05) is 26.2 Å². The third kappa shape index (κ3) is 2.93. The normalized spacial score (nSPS) is 13.2. The van der Waals surface area contributed by atoms with E-state index in [4.69, 9.17) is 0 Å². The van der Waals surface area contributed by atoms with Crippen LogP contribution < -0.4 is 0 Å². The SMILES string of the molecule is CCN(CC)S(=O)(=O)N(C)C(C)C. The molecule has 0 aliphatic rings. The van der Waals surface area contributed by atoms with Crippen LogP contribution in [0, 0.1) is 0 Å². The van der Waals surface area contributed by atoms with Crippen molar-refractivity contribution in [1.82, 2.24) is 8.61 Å². The molecule has 0 aromatic carbocycles. The molecule has 4 nitrogen and oxygen atoms in total. The lowest BCUT2D eigenvalue weighted by Crippen LogP contribution is -2.44. The molecule has 0 amide bonds. The van der Waals surface area contributed by atoms with Gasteiger partial charge in [0.15, 0.2) is 0 Å². The van der Waals surface area contributed by atoms with E-state index >= 15 is 0 Å². The fourth-order valence-electron chi connectivity index (χ4n) is 0.998. The van der Waals surface area contributed by atoms with E-state index in [1.165, 1.54) is 8.61 Å². The highest BCUT2D eigenvalue weighted by Crippen LogP contribution is 2.08. The Morgan fingerprint density at radius 2 is 1.54 bits per heavy atom. The molecule has 0 aromatic heterocycles. The van der Waals surface area contributed by atoms with Crippen LogP contribution >= 0.6 is 0 Å². The first-order valence-corrected chi connectivity index (χ1v) is 6.00. The van der Waals surface area contributed by atoms with E-state index in [0.29, 0.717) is 13.1 Å². The van der Waals surface area contributed by atoms with Crippen molar-refractivity contribution in [2.75, 3.05) is 20.1 Å². The standard InChI is InChI=1S/C8H20N2O2S/c1-6-10(7-2)13(11,12)9(5)8(3)4/h8H,6-7H2,1-5H3. The smallest absolute Gasteiger partial charge is 0.195 e. The van der Waals surface area contributed by atoms with Gasteiger partial charge in [-0.25, -0.2) is 0 Å². The maximum absolute atomic E-state index is 11.8. The van der Waals surface area contributed by atoms with Crippen LogP contribution in [0.15, 0.2) is 0 Å². The molecule has 0 heterocycles. The quantitative estimate of drug-likeness (QED) is 0.674. The van der Waals surface area contributed by atoms with Crippen molar-refractivity contribution in [2.24, 2.45) is 0 Å². The van der Waals surface area contributed by atoms with Gasteiger partial charge in [0.25, 0.3) is 10.2 Å². The summed E-state index contributed by atoms with van der Waals surface area (Å²) in [5.74, 6) is 0. The second-order valence-electron chi connectivity index (χ2n) is 3.20. The average Bonchev–Trinajstić information content (AvgIpc) is 2.04. The maximum Gasteiger partial charge on any atom is 0.281 e. The molecular weight excluding hydrogens is 188 g/mol. The molecule has 0 saturated carbocycles. The lowest BCUT2D eigenvalue weighted by atomic mass is 10.4. The van der Waals surface area contributed by atoms with E-state index < -0.39 is 10.2 Å². The third-order valence-corrected chi connectivity index (χ3v) is 4.44. The molecule has 0 radical (unpaired) electrons. The van der Waals surface area contributed by atoms with Gasteiger partial charge < -0.3 is 0 Å². The molecule has 0 rings (SSSR count). The van der Waals surface area contributed by atoms with Crippen LogP contribution in [0.1, 0.15) is 27.7 Å². The first-order chi connectivity index (χ1) is 5.87. The molecule has 0 saturated heterocycles. The summed E-state index contributed by atoms with van der Waals surface area (Å²) >= 11 is 0. The molecule has 0 bridgehead atoms. The molecule has 0 aromatic rings. The summed E-state index contributed by atoms with van der Waals surface area (Å²) in [4.78, 5) is 0. The highest BCUT2D eigenvalue weighted by Gasteiger charge is 2.25. The number of rotatable bonds is 5. The van der Waals surface area contributed by atoms with Crippen molar-refractivity contribution in [3.63, 3.8) is 0 Å². The van der Waals surface area contributed by atoms with Crippen molar-refractivity contribution < 1.29 is 8.42 Å². The van der Waals surface area contributed by atoms with Gasteiger partial charge in [-0.3, -0.25) is 0 Å². The highest BCUT2D eigenvalue weighted by atomic mass is 32.2. The van der Waals surface area contributed by atoms with Crippen LogP contribution in [0.4, 0.5) is 0 Å². The fraction of sp³-hybridized carbons (Fsp3) is 1.00. The molecule has 0 atom stereocenters. The Kier molecular flexibility index (Phi) is 4.88. The third-order valence-electron chi connectivity index (χ3n) is 2.12. The summed E-state index contributed by atoms with van der Waals surface area (Å²) in [7, 11) is -1.62. The van der Waals surface area contributed by atoms with Crippen LogP contribution in [0.5, 0.6) is 0 Å². The van der Waals surface area contributed by atoms with Crippen molar-refractivity contribution in [2.45, 2.75) is 33.7 Å². The Labute approximate surface area is 81.7 Å². The number of nitrogens with zero attached hydrogens (tertiary/aromatic N) is 2. The minimum atomic E-state index is -3.23. The largest absolute Gasteiger partial charge is 0.281 e. The van der Waals surface area contributed by atoms with E-state index in [1.807, 2.05) is 27.7 Å². The van der Waals surface area contributed by atoms with E-state index in [1.54, 1.807) is 7.05 Å². The Hall–Kier alpha value is -0.130. The van der Waals surface area contributed by atoms with Gasteiger partial charge in [-0.1, -0.05) is 13.8 Å². The Bertz CT molecular complexity index is 225. The number of hydrogen-bond donors (Lipinski definition) is 0. The second kappa shape index (κ2) is 4.93. The molecule has 5 heteroatoms. The summed E-state index contributed by atoms with van der Waals surface area (Å²) < 4.78 is 26.4. The Balaban J connectivity index is 4.74. The molecule has 0 unspecified atom stereocenters. The van der Waals surface area contributed by atoms with E-state index in [2.05, 4.69) is 0 Å². The molecule has 0 fully saturated rings. The Morgan fingerprint density at radius 3 is 1.77 bits per heavy atom. The first kappa shape index (κ1) is 12.9.